The maximum absolute atomic E-state index is 5.67. The van der Waals surface area contributed by atoms with E-state index in [4.69, 9.17) is 18.0 Å². The van der Waals surface area contributed by atoms with Crippen molar-refractivity contribution in [3.05, 3.63) is 0 Å². The zero-order chi connectivity index (χ0) is 9.90. The van der Waals surface area contributed by atoms with Gasteiger partial charge in [0.05, 0.1) is 25.4 Å². The summed E-state index contributed by atoms with van der Waals surface area (Å²) in [5.41, 5.74) is 0. The monoisotopic (exact) mass is 206 g/mol. The zero-order valence-electron chi connectivity index (χ0n) is 8.70. The lowest BCUT2D eigenvalue weighted by atomic mass is 10.4. The molecule has 0 bridgehead atoms. The van der Waals surface area contributed by atoms with Crippen LogP contribution in [0.5, 0.6) is 0 Å². The lowest BCUT2D eigenvalue weighted by Gasteiger charge is -2.33. The summed E-state index contributed by atoms with van der Waals surface area (Å²) in [5, 5.41) is 0. The van der Waals surface area contributed by atoms with Crippen LogP contribution in [-0.2, 0) is 18.0 Å². The average Bonchev–Trinajstić information content (AvgIpc) is 2.01. The minimum atomic E-state index is -2.40. The van der Waals surface area contributed by atoms with Gasteiger partial charge in [-0.1, -0.05) is 0 Å². The molecule has 2 unspecified atom stereocenters. The summed E-state index contributed by atoms with van der Waals surface area (Å²) in [5.74, 6) is 0. The number of ether oxygens (including phenoxy) is 1. The minimum Gasteiger partial charge on any atom is -0.377 e. The number of rotatable bonds is 1. The molecule has 1 fully saturated rings. The number of hydrogen-bond acceptors (Lipinski definition) is 4. The van der Waals surface area contributed by atoms with E-state index in [1.165, 1.54) is 0 Å². The third-order valence-corrected chi connectivity index (χ3v) is 4.31. The van der Waals surface area contributed by atoms with E-state index in [9.17, 15) is 0 Å². The van der Waals surface area contributed by atoms with Gasteiger partial charge in [0.25, 0.3) is 0 Å². The fraction of sp³-hybridized carbons (Fsp3) is 1.00. The van der Waals surface area contributed by atoms with E-state index in [0.29, 0.717) is 13.2 Å². The molecule has 0 amide bonds. The standard InChI is InChI=1S/C8H18O4Si/c1-7-5-10-6-8(2)12-13(4,9-3)11-7/h7-8H,5-6H2,1-4H3. The molecule has 2 atom stereocenters. The highest BCUT2D eigenvalue weighted by Gasteiger charge is 2.38. The molecule has 0 aromatic rings. The largest absolute Gasteiger partial charge is 0.498 e. The Morgan fingerprint density at radius 2 is 1.62 bits per heavy atom. The predicted molar refractivity (Wildman–Crippen MR) is 50.5 cm³/mol. The summed E-state index contributed by atoms with van der Waals surface area (Å²) in [4.78, 5) is 0. The van der Waals surface area contributed by atoms with E-state index in [2.05, 4.69) is 0 Å². The normalized spacial score (nSPS) is 42.5. The SMILES string of the molecule is CO[Si]1(C)OC(C)COCC(C)O1. The Kier molecular flexibility index (Phi) is 3.87. The van der Waals surface area contributed by atoms with Crippen LogP contribution >= 0.6 is 0 Å². The summed E-state index contributed by atoms with van der Waals surface area (Å²) in [6.45, 7) is 7.05. The van der Waals surface area contributed by atoms with Crippen LogP contribution in [0.15, 0.2) is 0 Å². The van der Waals surface area contributed by atoms with Crippen molar-refractivity contribution < 1.29 is 18.0 Å². The van der Waals surface area contributed by atoms with Crippen LogP contribution in [0.25, 0.3) is 0 Å². The van der Waals surface area contributed by atoms with Crippen molar-refractivity contribution >= 4 is 8.80 Å². The van der Waals surface area contributed by atoms with Crippen LogP contribution in [0, 0.1) is 0 Å². The van der Waals surface area contributed by atoms with Crippen molar-refractivity contribution in [1.82, 2.24) is 0 Å². The highest BCUT2D eigenvalue weighted by atomic mass is 28.4. The molecule has 0 radical (unpaired) electrons. The molecule has 1 heterocycles. The van der Waals surface area contributed by atoms with Crippen molar-refractivity contribution in [2.75, 3.05) is 20.3 Å². The summed E-state index contributed by atoms with van der Waals surface area (Å²) >= 11 is 0. The highest BCUT2D eigenvalue weighted by Crippen LogP contribution is 2.16. The molecular formula is C8H18O4Si. The molecule has 1 aliphatic heterocycles. The van der Waals surface area contributed by atoms with Gasteiger partial charge in [-0.2, -0.15) is 0 Å². The van der Waals surface area contributed by atoms with Crippen LogP contribution in [0.2, 0.25) is 6.55 Å². The third kappa shape index (κ3) is 3.36. The molecule has 0 saturated carbocycles. The Hall–Kier alpha value is 0.0569. The summed E-state index contributed by atoms with van der Waals surface area (Å²) in [6, 6.07) is 0. The van der Waals surface area contributed by atoms with E-state index in [1.807, 2.05) is 20.4 Å². The molecule has 1 aliphatic rings. The Bertz CT molecular complexity index is 152. The molecule has 13 heavy (non-hydrogen) atoms. The van der Waals surface area contributed by atoms with Gasteiger partial charge in [-0.25, -0.2) is 0 Å². The third-order valence-electron chi connectivity index (χ3n) is 1.91. The summed E-state index contributed by atoms with van der Waals surface area (Å²) < 4.78 is 22.0. The zero-order valence-corrected chi connectivity index (χ0v) is 9.70. The van der Waals surface area contributed by atoms with Crippen LogP contribution in [0.1, 0.15) is 13.8 Å². The van der Waals surface area contributed by atoms with E-state index in [0.717, 1.165) is 0 Å². The molecule has 5 heteroatoms. The van der Waals surface area contributed by atoms with E-state index >= 15 is 0 Å². The molecule has 0 N–H and O–H groups in total. The van der Waals surface area contributed by atoms with Gasteiger partial charge in [-0.05, 0) is 13.8 Å². The van der Waals surface area contributed by atoms with Crippen LogP contribution in [-0.4, -0.2) is 41.3 Å². The average molecular weight is 206 g/mol. The first kappa shape index (κ1) is 11.1. The lowest BCUT2D eigenvalue weighted by Crippen LogP contribution is -2.49. The van der Waals surface area contributed by atoms with Gasteiger partial charge in [0.1, 0.15) is 0 Å². The van der Waals surface area contributed by atoms with E-state index < -0.39 is 8.80 Å². The second-order valence-electron chi connectivity index (χ2n) is 3.46. The molecule has 78 valence electrons. The maximum atomic E-state index is 5.67. The predicted octanol–water partition coefficient (Wildman–Crippen LogP) is 1.04. The molecule has 4 nitrogen and oxygen atoms in total. The molecule has 1 rings (SSSR count). The first-order chi connectivity index (χ1) is 6.06. The Balaban J connectivity index is 2.58. The molecule has 0 aromatic heterocycles. The van der Waals surface area contributed by atoms with Gasteiger partial charge in [0.15, 0.2) is 0 Å². The summed E-state index contributed by atoms with van der Waals surface area (Å²) in [6.07, 6.45) is 0.0910. The quantitative estimate of drug-likeness (QED) is 0.601. The number of hydrogen-bond donors (Lipinski definition) is 0. The lowest BCUT2D eigenvalue weighted by molar-refractivity contribution is -0.0645. The Morgan fingerprint density at radius 1 is 1.15 bits per heavy atom. The van der Waals surface area contributed by atoms with Crippen LogP contribution < -0.4 is 0 Å². The molecule has 0 spiro atoms. The van der Waals surface area contributed by atoms with Gasteiger partial charge >= 0.3 is 8.80 Å². The fourth-order valence-electron chi connectivity index (χ4n) is 1.32. The second-order valence-corrected chi connectivity index (χ2v) is 6.07. The topological polar surface area (TPSA) is 36.9 Å². The molecule has 0 aromatic carbocycles. The molecule has 1 saturated heterocycles. The van der Waals surface area contributed by atoms with Crippen molar-refractivity contribution in [2.45, 2.75) is 32.6 Å². The van der Waals surface area contributed by atoms with Crippen molar-refractivity contribution in [3.63, 3.8) is 0 Å². The van der Waals surface area contributed by atoms with Crippen molar-refractivity contribution in [2.24, 2.45) is 0 Å². The van der Waals surface area contributed by atoms with E-state index in [1.54, 1.807) is 7.11 Å². The fourth-order valence-corrected chi connectivity index (χ4v) is 3.17. The van der Waals surface area contributed by atoms with Crippen molar-refractivity contribution in [3.8, 4) is 0 Å². The molecular weight excluding hydrogens is 188 g/mol. The summed E-state index contributed by atoms with van der Waals surface area (Å²) in [7, 11) is -0.766. The van der Waals surface area contributed by atoms with Gasteiger partial charge in [-0.15, -0.1) is 0 Å². The Morgan fingerprint density at radius 3 is 2.00 bits per heavy atom. The smallest absolute Gasteiger partial charge is 0.377 e. The van der Waals surface area contributed by atoms with E-state index in [-0.39, 0.29) is 12.2 Å². The molecule has 0 aliphatic carbocycles. The highest BCUT2D eigenvalue weighted by molar-refractivity contribution is 6.59. The maximum Gasteiger partial charge on any atom is 0.498 e. The first-order valence-corrected chi connectivity index (χ1v) is 6.77. The Labute approximate surface area is 80.5 Å². The minimum absolute atomic E-state index is 0.0455. The van der Waals surface area contributed by atoms with Crippen LogP contribution in [0.4, 0.5) is 0 Å². The second kappa shape index (κ2) is 4.52. The van der Waals surface area contributed by atoms with Gasteiger partial charge in [0, 0.05) is 13.7 Å². The van der Waals surface area contributed by atoms with Crippen molar-refractivity contribution in [1.29, 1.82) is 0 Å². The van der Waals surface area contributed by atoms with Gasteiger partial charge in [-0.3, -0.25) is 0 Å². The first-order valence-electron chi connectivity index (χ1n) is 4.54. The van der Waals surface area contributed by atoms with Crippen LogP contribution in [0.3, 0.4) is 0 Å². The van der Waals surface area contributed by atoms with Gasteiger partial charge in [0.2, 0.25) is 0 Å². The van der Waals surface area contributed by atoms with Gasteiger partial charge < -0.3 is 18.0 Å².